The Hall–Kier alpha value is -2.70. The van der Waals surface area contributed by atoms with Crippen LogP contribution in [0.5, 0.6) is 5.75 Å². The van der Waals surface area contributed by atoms with Gasteiger partial charge in [-0.2, -0.15) is 0 Å². The van der Waals surface area contributed by atoms with Crippen LogP contribution in [0.1, 0.15) is 0 Å². The van der Waals surface area contributed by atoms with E-state index in [1.165, 1.54) is 31.8 Å². The molecule has 1 aromatic carbocycles. The van der Waals surface area contributed by atoms with Crippen molar-refractivity contribution in [2.24, 2.45) is 0 Å². The summed E-state index contributed by atoms with van der Waals surface area (Å²) in [5.74, 6) is -0.422. The van der Waals surface area contributed by atoms with Crippen LogP contribution in [-0.2, 0) is 0 Å². The van der Waals surface area contributed by atoms with Gasteiger partial charge in [-0.25, -0.2) is 9.18 Å². The number of methoxy groups -OCH3 is 1. The summed E-state index contributed by atoms with van der Waals surface area (Å²) in [6.07, 6.45) is 3.05. The van der Waals surface area contributed by atoms with Crippen LogP contribution in [0.25, 0.3) is 11.3 Å². The SMILES string of the molecule is COc1c(NC(=O)O)cc(F)cc1-c1cnccn1. The number of hydrogen-bond acceptors (Lipinski definition) is 4. The van der Waals surface area contributed by atoms with Crippen molar-refractivity contribution in [1.82, 2.24) is 9.97 Å². The minimum atomic E-state index is -1.31. The molecule has 0 bridgehead atoms. The van der Waals surface area contributed by atoms with Gasteiger partial charge >= 0.3 is 6.09 Å². The summed E-state index contributed by atoms with van der Waals surface area (Å²) in [5.41, 5.74) is 0.710. The van der Waals surface area contributed by atoms with Gasteiger partial charge in [-0.05, 0) is 6.07 Å². The zero-order valence-corrected chi connectivity index (χ0v) is 9.92. The molecule has 0 aliphatic heterocycles. The molecule has 0 aliphatic carbocycles. The van der Waals surface area contributed by atoms with E-state index in [9.17, 15) is 9.18 Å². The molecule has 19 heavy (non-hydrogen) atoms. The molecular weight excluding hydrogens is 253 g/mol. The van der Waals surface area contributed by atoms with Gasteiger partial charge in [0.25, 0.3) is 0 Å². The number of nitrogens with zero attached hydrogens (tertiary/aromatic N) is 2. The lowest BCUT2D eigenvalue weighted by atomic mass is 10.1. The lowest BCUT2D eigenvalue weighted by Crippen LogP contribution is -2.09. The van der Waals surface area contributed by atoms with Crippen molar-refractivity contribution in [1.29, 1.82) is 0 Å². The van der Waals surface area contributed by atoms with E-state index in [1.807, 2.05) is 0 Å². The van der Waals surface area contributed by atoms with Crippen LogP contribution < -0.4 is 10.1 Å². The Morgan fingerprint density at radius 2 is 2.21 bits per heavy atom. The fourth-order valence-electron chi connectivity index (χ4n) is 1.65. The van der Waals surface area contributed by atoms with Gasteiger partial charge in [0.05, 0.1) is 24.7 Å². The van der Waals surface area contributed by atoms with E-state index in [0.717, 1.165) is 6.07 Å². The highest BCUT2D eigenvalue weighted by atomic mass is 19.1. The first kappa shape index (κ1) is 12.7. The maximum absolute atomic E-state index is 13.5. The van der Waals surface area contributed by atoms with E-state index >= 15 is 0 Å². The van der Waals surface area contributed by atoms with Crippen molar-refractivity contribution in [3.8, 4) is 17.0 Å². The standard InChI is InChI=1S/C12H10FN3O3/c1-19-11-8(10-6-14-2-3-15-10)4-7(13)5-9(11)16-12(17)18/h2-6,16H,1H3,(H,17,18). The molecule has 0 spiro atoms. The number of benzene rings is 1. The van der Waals surface area contributed by atoms with E-state index in [0.29, 0.717) is 11.3 Å². The van der Waals surface area contributed by atoms with Gasteiger partial charge in [0.15, 0.2) is 5.75 Å². The van der Waals surface area contributed by atoms with Crippen molar-refractivity contribution in [3.63, 3.8) is 0 Å². The van der Waals surface area contributed by atoms with Gasteiger partial charge in [-0.1, -0.05) is 0 Å². The zero-order valence-electron chi connectivity index (χ0n) is 9.92. The second-order valence-electron chi connectivity index (χ2n) is 3.55. The normalized spacial score (nSPS) is 10.0. The molecule has 2 N–H and O–H groups in total. The molecule has 0 saturated carbocycles. The number of rotatable bonds is 3. The van der Waals surface area contributed by atoms with Crippen molar-refractivity contribution < 1.29 is 19.0 Å². The quantitative estimate of drug-likeness (QED) is 0.888. The number of carbonyl (C=O) groups is 1. The molecule has 0 aliphatic rings. The lowest BCUT2D eigenvalue weighted by Gasteiger charge is -2.13. The van der Waals surface area contributed by atoms with E-state index in [4.69, 9.17) is 9.84 Å². The van der Waals surface area contributed by atoms with E-state index < -0.39 is 11.9 Å². The van der Waals surface area contributed by atoms with E-state index in [2.05, 4.69) is 15.3 Å². The summed E-state index contributed by atoms with van der Waals surface area (Å²) in [5, 5.41) is 10.8. The Morgan fingerprint density at radius 1 is 1.42 bits per heavy atom. The van der Waals surface area contributed by atoms with Crippen molar-refractivity contribution in [2.45, 2.75) is 0 Å². The molecule has 2 rings (SSSR count). The minimum Gasteiger partial charge on any atom is -0.494 e. The molecule has 0 fully saturated rings. The molecule has 6 nitrogen and oxygen atoms in total. The van der Waals surface area contributed by atoms with Crippen molar-refractivity contribution >= 4 is 11.8 Å². The molecular formula is C12H10FN3O3. The van der Waals surface area contributed by atoms with Gasteiger partial charge in [0, 0.05) is 24.0 Å². The van der Waals surface area contributed by atoms with Gasteiger partial charge < -0.3 is 9.84 Å². The van der Waals surface area contributed by atoms with Crippen LogP contribution in [0.15, 0.2) is 30.7 Å². The van der Waals surface area contributed by atoms with E-state index in [1.54, 1.807) is 0 Å². The predicted molar refractivity (Wildman–Crippen MR) is 65.6 cm³/mol. The number of aromatic nitrogens is 2. The first-order chi connectivity index (χ1) is 9.11. The summed E-state index contributed by atoms with van der Waals surface area (Å²) in [6.45, 7) is 0. The third kappa shape index (κ3) is 2.76. The average Bonchev–Trinajstić information content (AvgIpc) is 2.38. The molecule has 0 radical (unpaired) electrons. The molecule has 1 amide bonds. The summed E-state index contributed by atoms with van der Waals surface area (Å²) in [6, 6.07) is 2.24. The molecule has 0 saturated heterocycles. The highest BCUT2D eigenvalue weighted by molar-refractivity contribution is 5.88. The summed E-state index contributed by atoms with van der Waals surface area (Å²) >= 11 is 0. The third-order valence-electron chi connectivity index (χ3n) is 2.34. The molecule has 0 atom stereocenters. The average molecular weight is 263 g/mol. The molecule has 0 unspecified atom stereocenters. The lowest BCUT2D eigenvalue weighted by molar-refractivity contribution is 0.209. The molecule has 2 aromatic rings. The summed E-state index contributed by atoms with van der Waals surface area (Å²) in [4.78, 5) is 18.6. The van der Waals surface area contributed by atoms with Crippen molar-refractivity contribution in [3.05, 3.63) is 36.5 Å². The van der Waals surface area contributed by atoms with E-state index in [-0.39, 0.29) is 11.4 Å². The molecule has 7 heteroatoms. The van der Waals surface area contributed by atoms with Crippen LogP contribution in [-0.4, -0.2) is 28.3 Å². The smallest absolute Gasteiger partial charge is 0.409 e. The minimum absolute atomic E-state index is 0.00986. The number of amides is 1. The van der Waals surface area contributed by atoms with Gasteiger partial charge in [0.2, 0.25) is 0 Å². The largest absolute Gasteiger partial charge is 0.494 e. The van der Waals surface area contributed by atoms with Crippen LogP contribution in [0.2, 0.25) is 0 Å². The number of anilines is 1. The monoisotopic (exact) mass is 263 g/mol. The number of halogens is 1. The summed E-state index contributed by atoms with van der Waals surface area (Å²) < 4.78 is 18.7. The van der Waals surface area contributed by atoms with Crippen LogP contribution in [0.3, 0.4) is 0 Å². The molecule has 1 heterocycles. The van der Waals surface area contributed by atoms with Crippen LogP contribution in [0, 0.1) is 5.82 Å². The number of hydrogen-bond donors (Lipinski definition) is 2. The number of carboxylic acid groups (broad SMARTS) is 1. The fourth-order valence-corrected chi connectivity index (χ4v) is 1.65. The Bertz CT molecular complexity index is 605. The van der Waals surface area contributed by atoms with Gasteiger partial charge in [0.1, 0.15) is 5.82 Å². The number of ether oxygens (including phenoxy) is 1. The van der Waals surface area contributed by atoms with Crippen LogP contribution >= 0.6 is 0 Å². The highest BCUT2D eigenvalue weighted by Crippen LogP contribution is 2.36. The Morgan fingerprint density at radius 3 is 2.79 bits per heavy atom. The van der Waals surface area contributed by atoms with Gasteiger partial charge in [-0.15, -0.1) is 0 Å². The second-order valence-corrected chi connectivity index (χ2v) is 3.55. The molecule has 98 valence electrons. The highest BCUT2D eigenvalue weighted by Gasteiger charge is 2.16. The Balaban J connectivity index is 2.60. The Kier molecular flexibility index (Phi) is 3.56. The maximum atomic E-state index is 13.5. The zero-order chi connectivity index (χ0) is 13.8. The predicted octanol–water partition coefficient (Wildman–Crippen LogP) is 2.38. The van der Waals surface area contributed by atoms with Crippen molar-refractivity contribution in [2.75, 3.05) is 12.4 Å². The second kappa shape index (κ2) is 5.30. The number of nitrogens with one attached hydrogen (secondary N) is 1. The topological polar surface area (TPSA) is 84.3 Å². The first-order valence-electron chi connectivity index (χ1n) is 5.25. The maximum Gasteiger partial charge on any atom is 0.409 e. The van der Waals surface area contributed by atoms with Crippen LogP contribution in [0.4, 0.5) is 14.9 Å². The third-order valence-corrected chi connectivity index (χ3v) is 2.34. The first-order valence-corrected chi connectivity index (χ1v) is 5.25. The summed E-state index contributed by atoms with van der Waals surface area (Å²) in [7, 11) is 1.36. The Labute approximate surface area is 107 Å². The molecule has 1 aromatic heterocycles. The van der Waals surface area contributed by atoms with Gasteiger partial charge in [-0.3, -0.25) is 15.3 Å². The fraction of sp³-hybridized carbons (Fsp3) is 0.0833.